The zero-order valence-corrected chi connectivity index (χ0v) is 15.7. The van der Waals surface area contributed by atoms with Gasteiger partial charge in [-0.3, -0.25) is 9.59 Å². The molecule has 1 saturated carbocycles. The average Bonchev–Trinajstić information content (AvgIpc) is 3.32. The van der Waals surface area contributed by atoms with E-state index in [1.807, 2.05) is 0 Å². The molecule has 3 N–H and O–H groups in total. The lowest BCUT2D eigenvalue weighted by Gasteiger charge is -2.19. The van der Waals surface area contributed by atoms with Crippen LogP contribution in [-0.4, -0.2) is 43.2 Å². The number of benzene rings is 1. The third-order valence-electron chi connectivity index (χ3n) is 4.44. The lowest BCUT2D eigenvalue weighted by molar-refractivity contribution is 0.0845. The maximum atomic E-state index is 12.6. The standard InChI is InChI=1S/C16H21N3O4S.ClH/c1-9(2)19-16(21)12-6-5-11(7-14(12)24(19,22)23)15(20)18-13(8-17)10-3-4-10;/h5-7,9-10,13H,3-4,8,17H2,1-2H3,(H,18,20);1H. The van der Waals surface area contributed by atoms with Gasteiger partial charge in [-0.2, -0.15) is 0 Å². The summed E-state index contributed by atoms with van der Waals surface area (Å²) in [6.07, 6.45) is 2.08. The Hall–Kier alpha value is -1.64. The minimum atomic E-state index is -3.91. The first-order valence-electron chi connectivity index (χ1n) is 8.01. The number of amides is 2. The van der Waals surface area contributed by atoms with E-state index in [2.05, 4.69) is 5.32 Å². The Kier molecular flexibility index (Phi) is 5.46. The summed E-state index contributed by atoms with van der Waals surface area (Å²) in [7, 11) is -3.91. The van der Waals surface area contributed by atoms with Gasteiger partial charge in [0.05, 0.1) is 5.56 Å². The first-order chi connectivity index (χ1) is 11.3. The SMILES string of the molecule is CC(C)N1C(=O)c2ccc(C(=O)NC(CN)C3CC3)cc2S1(=O)=O.Cl. The molecule has 1 unspecified atom stereocenters. The molecule has 9 heteroatoms. The molecule has 1 aliphatic carbocycles. The van der Waals surface area contributed by atoms with Gasteiger partial charge in [0.2, 0.25) is 0 Å². The highest BCUT2D eigenvalue weighted by molar-refractivity contribution is 7.90. The minimum absolute atomic E-state index is 0. The van der Waals surface area contributed by atoms with Crippen LogP contribution in [0.4, 0.5) is 0 Å². The van der Waals surface area contributed by atoms with Gasteiger partial charge in [-0.25, -0.2) is 12.7 Å². The van der Waals surface area contributed by atoms with Gasteiger partial charge in [-0.1, -0.05) is 0 Å². The molecule has 138 valence electrons. The number of nitrogens with one attached hydrogen (secondary N) is 1. The van der Waals surface area contributed by atoms with Gasteiger partial charge in [-0.05, 0) is 50.8 Å². The summed E-state index contributed by atoms with van der Waals surface area (Å²) >= 11 is 0. The Morgan fingerprint density at radius 1 is 1.36 bits per heavy atom. The maximum absolute atomic E-state index is 12.6. The topological polar surface area (TPSA) is 110 Å². The summed E-state index contributed by atoms with van der Waals surface area (Å²) in [5.41, 5.74) is 6.01. The molecule has 2 amide bonds. The lowest BCUT2D eigenvalue weighted by Crippen LogP contribution is -2.41. The molecule has 1 aromatic rings. The highest BCUT2D eigenvalue weighted by Crippen LogP contribution is 2.34. The number of fused-ring (bicyclic) bond motifs is 1. The van der Waals surface area contributed by atoms with Gasteiger partial charge in [0, 0.05) is 24.2 Å². The van der Waals surface area contributed by atoms with Crippen molar-refractivity contribution in [3.05, 3.63) is 29.3 Å². The molecule has 1 aliphatic heterocycles. The quantitative estimate of drug-likeness (QED) is 0.786. The number of nitrogens with two attached hydrogens (primary N) is 1. The van der Waals surface area contributed by atoms with Crippen LogP contribution in [-0.2, 0) is 10.0 Å². The van der Waals surface area contributed by atoms with Crippen LogP contribution in [0.25, 0.3) is 0 Å². The predicted molar refractivity (Wildman–Crippen MR) is 95.2 cm³/mol. The number of hydrogen-bond acceptors (Lipinski definition) is 5. The largest absolute Gasteiger partial charge is 0.348 e. The summed E-state index contributed by atoms with van der Waals surface area (Å²) in [6, 6.07) is 3.58. The van der Waals surface area contributed by atoms with Crippen LogP contribution in [0.3, 0.4) is 0 Å². The fraction of sp³-hybridized carbons (Fsp3) is 0.500. The molecule has 1 fully saturated rings. The molecule has 25 heavy (non-hydrogen) atoms. The van der Waals surface area contributed by atoms with Gasteiger partial charge in [-0.15, -0.1) is 12.4 Å². The monoisotopic (exact) mass is 387 g/mol. The van der Waals surface area contributed by atoms with Crippen molar-refractivity contribution in [2.75, 3.05) is 6.54 Å². The van der Waals surface area contributed by atoms with Crippen LogP contribution in [0.2, 0.25) is 0 Å². The van der Waals surface area contributed by atoms with Crippen LogP contribution in [0, 0.1) is 5.92 Å². The van der Waals surface area contributed by atoms with E-state index in [1.165, 1.54) is 18.2 Å². The van der Waals surface area contributed by atoms with Crippen molar-refractivity contribution in [2.24, 2.45) is 11.7 Å². The Bertz CT molecular complexity index is 806. The maximum Gasteiger partial charge on any atom is 0.269 e. The van der Waals surface area contributed by atoms with Crippen LogP contribution < -0.4 is 11.1 Å². The summed E-state index contributed by atoms with van der Waals surface area (Å²) < 4.78 is 26.0. The van der Waals surface area contributed by atoms with Crippen molar-refractivity contribution >= 4 is 34.2 Å². The van der Waals surface area contributed by atoms with E-state index in [1.54, 1.807) is 13.8 Å². The molecule has 0 bridgehead atoms. The molecule has 7 nitrogen and oxygen atoms in total. The summed E-state index contributed by atoms with van der Waals surface area (Å²) in [5, 5.41) is 2.85. The first kappa shape index (κ1) is 19.7. The van der Waals surface area contributed by atoms with Gasteiger partial charge in [0.1, 0.15) is 4.90 Å². The highest BCUT2D eigenvalue weighted by Gasteiger charge is 2.43. The third-order valence-corrected chi connectivity index (χ3v) is 6.44. The van der Waals surface area contributed by atoms with E-state index in [4.69, 9.17) is 5.73 Å². The van der Waals surface area contributed by atoms with Gasteiger partial charge in [0.15, 0.2) is 0 Å². The van der Waals surface area contributed by atoms with E-state index >= 15 is 0 Å². The van der Waals surface area contributed by atoms with Crippen LogP contribution >= 0.6 is 12.4 Å². The molecular formula is C16H22ClN3O4S. The molecule has 1 heterocycles. The number of carbonyl (C=O) groups is 2. The van der Waals surface area contributed by atoms with Crippen molar-refractivity contribution in [2.45, 2.75) is 43.7 Å². The molecular weight excluding hydrogens is 366 g/mol. The lowest BCUT2D eigenvalue weighted by atomic mass is 10.1. The van der Waals surface area contributed by atoms with E-state index in [-0.39, 0.29) is 40.4 Å². The number of rotatable bonds is 5. The molecule has 0 saturated heterocycles. The Morgan fingerprint density at radius 2 is 2.00 bits per heavy atom. The smallest absolute Gasteiger partial charge is 0.269 e. The third kappa shape index (κ3) is 3.38. The summed E-state index contributed by atoms with van der Waals surface area (Å²) in [6.45, 7) is 3.62. The Balaban J connectivity index is 0.00000225. The van der Waals surface area contributed by atoms with Crippen LogP contribution in [0.1, 0.15) is 47.4 Å². The first-order valence-corrected chi connectivity index (χ1v) is 9.45. The number of carbonyl (C=O) groups excluding carboxylic acids is 2. The molecule has 2 aliphatic rings. The van der Waals surface area contributed by atoms with Crippen molar-refractivity contribution in [3.63, 3.8) is 0 Å². The van der Waals surface area contributed by atoms with Crippen molar-refractivity contribution < 1.29 is 18.0 Å². The van der Waals surface area contributed by atoms with Gasteiger partial charge >= 0.3 is 0 Å². The predicted octanol–water partition coefficient (Wildman–Crippen LogP) is 1.13. The molecule has 0 spiro atoms. The second-order valence-electron chi connectivity index (χ2n) is 6.56. The van der Waals surface area contributed by atoms with Gasteiger partial charge in [0.25, 0.3) is 21.8 Å². The fourth-order valence-electron chi connectivity index (χ4n) is 3.02. The van der Waals surface area contributed by atoms with Crippen molar-refractivity contribution in [1.29, 1.82) is 0 Å². The van der Waals surface area contributed by atoms with Crippen LogP contribution in [0.5, 0.6) is 0 Å². The van der Waals surface area contributed by atoms with E-state index < -0.39 is 22.0 Å². The molecule has 0 radical (unpaired) electrons. The average molecular weight is 388 g/mol. The number of nitrogens with zero attached hydrogens (tertiary/aromatic N) is 1. The zero-order valence-electron chi connectivity index (χ0n) is 14.1. The summed E-state index contributed by atoms with van der Waals surface area (Å²) in [5.74, 6) is -0.523. The minimum Gasteiger partial charge on any atom is -0.348 e. The molecule has 1 aromatic carbocycles. The normalized spacial score (nSPS) is 19.4. The van der Waals surface area contributed by atoms with Crippen molar-refractivity contribution in [3.8, 4) is 0 Å². The number of hydrogen-bond donors (Lipinski definition) is 2. The fourth-order valence-corrected chi connectivity index (χ4v) is 4.81. The summed E-state index contributed by atoms with van der Waals surface area (Å²) in [4.78, 5) is 24.6. The Labute approximate surface area is 153 Å². The van der Waals surface area contributed by atoms with Crippen LogP contribution in [0.15, 0.2) is 23.1 Å². The van der Waals surface area contributed by atoms with E-state index in [0.717, 1.165) is 17.1 Å². The van der Waals surface area contributed by atoms with E-state index in [9.17, 15) is 18.0 Å². The van der Waals surface area contributed by atoms with Gasteiger partial charge < -0.3 is 11.1 Å². The molecule has 1 atom stereocenters. The van der Waals surface area contributed by atoms with E-state index in [0.29, 0.717) is 12.5 Å². The zero-order chi connectivity index (χ0) is 17.6. The second kappa shape index (κ2) is 6.93. The number of halogens is 1. The Morgan fingerprint density at radius 3 is 2.52 bits per heavy atom. The molecule has 0 aromatic heterocycles. The highest BCUT2D eigenvalue weighted by atomic mass is 35.5. The second-order valence-corrected chi connectivity index (χ2v) is 8.35. The number of sulfonamides is 1. The molecule has 3 rings (SSSR count). The van der Waals surface area contributed by atoms with Crippen molar-refractivity contribution in [1.82, 2.24) is 9.62 Å².